The molecule has 0 bridgehead atoms. The molecule has 1 spiro atoms. The van der Waals surface area contributed by atoms with Gasteiger partial charge in [0.1, 0.15) is 5.54 Å². The fraction of sp³-hybridized carbons (Fsp3) is 0.905. The molecule has 0 N–H and O–H groups in total. The molecule has 1 aliphatic heterocycles. The van der Waals surface area contributed by atoms with Gasteiger partial charge in [0.25, 0.3) is 0 Å². The van der Waals surface area contributed by atoms with E-state index in [0.29, 0.717) is 10.8 Å². The average molecular weight is 313 g/mol. The van der Waals surface area contributed by atoms with E-state index in [1.807, 2.05) is 6.20 Å². The van der Waals surface area contributed by atoms with Crippen LogP contribution in [0.4, 0.5) is 0 Å². The SMILES string of the molecule is CC12CCC3C(CCC4CCCCC43C)C1CC1(C=CN=N1)C2. The fourth-order valence-corrected chi connectivity index (χ4v) is 8.02. The Hall–Kier alpha value is -0.660. The van der Waals surface area contributed by atoms with E-state index in [0.717, 1.165) is 23.7 Å². The maximum Gasteiger partial charge on any atom is 0.103 e. The van der Waals surface area contributed by atoms with Crippen LogP contribution in [0.1, 0.15) is 78.1 Å². The molecule has 4 fully saturated rings. The van der Waals surface area contributed by atoms with Gasteiger partial charge in [-0.25, -0.2) is 0 Å². The molecule has 2 heteroatoms. The average Bonchev–Trinajstić information content (AvgIpc) is 3.10. The summed E-state index contributed by atoms with van der Waals surface area (Å²) >= 11 is 0. The highest BCUT2D eigenvalue weighted by atomic mass is 15.2. The van der Waals surface area contributed by atoms with Crippen molar-refractivity contribution in [3.8, 4) is 0 Å². The molecule has 7 unspecified atom stereocenters. The second-order valence-corrected chi connectivity index (χ2v) is 10.1. The Bertz CT molecular complexity index is 552. The smallest absolute Gasteiger partial charge is 0.103 e. The quantitative estimate of drug-likeness (QED) is 0.513. The van der Waals surface area contributed by atoms with Gasteiger partial charge in [0.15, 0.2) is 0 Å². The van der Waals surface area contributed by atoms with Crippen molar-refractivity contribution in [2.45, 2.75) is 83.6 Å². The first-order valence-electron chi connectivity index (χ1n) is 10.1. The summed E-state index contributed by atoms with van der Waals surface area (Å²) in [4.78, 5) is 0. The standard InChI is InChI=1S/C21H32N2/c1-19-10-8-17-16(7-6-15-5-3-4-9-20(15,17)2)18(19)13-21(14-19)11-12-22-23-21/h11-12,15-18H,3-10,13-14H2,1-2H3. The number of rotatable bonds is 0. The van der Waals surface area contributed by atoms with Crippen molar-refractivity contribution in [1.29, 1.82) is 0 Å². The second kappa shape index (κ2) is 4.70. The van der Waals surface area contributed by atoms with Crippen molar-refractivity contribution in [2.24, 2.45) is 44.7 Å². The number of azo groups is 1. The molecule has 126 valence electrons. The van der Waals surface area contributed by atoms with Gasteiger partial charge in [-0.05, 0) is 91.9 Å². The lowest BCUT2D eigenvalue weighted by atomic mass is 9.45. The molecule has 23 heavy (non-hydrogen) atoms. The van der Waals surface area contributed by atoms with Crippen LogP contribution in [0, 0.1) is 34.5 Å². The fourth-order valence-electron chi connectivity index (χ4n) is 8.02. The molecule has 0 amide bonds. The highest BCUT2D eigenvalue weighted by Gasteiger charge is 2.61. The maximum atomic E-state index is 4.69. The van der Waals surface area contributed by atoms with Gasteiger partial charge >= 0.3 is 0 Å². The zero-order valence-electron chi connectivity index (χ0n) is 14.9. The van der Waals surface area contributed by atoms with E-state index < -0.39 is 0 Å². The summed E-state index contributed by atoms with van der Waals surface area (Å²) in [5, 5.41) is 8.92. The van der Waals surface area contributed by atoms with Gasteiger partial charge in [-0.1, -0.05) is 26.7 Å². The topological polar surface area (TPSA) is 24.7 Å². The molecule has 2 nitrogen and oxygen atoms in total. The highest BCUT2D eigenvalue weighted by molar-refractivity contribution is 5.21. The summed E-state index contributed by atoms with van der Waals surface area (Å²) in [5.74, 6) is 3.89. The Labute approximate surface area is 141 Å². The summed E-state index contributed by atoms with van der Waals surface area (Å²) in [5.41, 5.74) is 1.26. The Kier molecular flexibility index (Phi) is 3.00. The first kappa shape index (κ1) is 14.7. The van der Waals surface area contributed by atoms with E-state index in [1.54, 1.807) is 0 Å². The van der Waals surface area contributed by atoms with Crippen molar-refractivity contribution in [3.63, 3.8) is 0 Å². The van der Waals surface area contributed by atoms with Crippen LogP contribution in [0.2, 0.25) is 0 Å². The normalized spacial score (nSPS) is 57.3. The summed E-state index contributed by atoms with van der Waals surface area (Å²) in [6, 6.07) is 0. The van der Waals surface area contributed by atoms with Crippen molar-refractivity contribution in [1.82, 2.24) is 0 Å². The van der Waals surface area contributed by atoms with Gasteiger partial charge in [-0.15, -0.1) is 0 Å². The minimum atomic E-state index is 0.0820. The van der Waals surface area contributed by atoms with E-state index in [-0.39, 0.29) is 5.54 Å². The maximum absolute atomic E-state index is 4.69. The van der Waals surface area contributed by atoms with Crippen molar-refractivity contribution in [2.75, 3.05) is 0 Å². The highest BCUT2D eigenvalue weighted by Crippen LogP contribution is 2.68. The number of hydrogen-bond acceptors (Lipinski definition) is 2. The summed E-state index contributed by atoms with van der Waals surface area (Å²) < 4.78 is 0. The van der Waals surface area contributed by atoms with Gasteiger partial charge in [-0.2, -0.15) is 10.2 Å². The predicted molar refractivity (Wildman–Crippen MR) is 93.1 cm³/mol. The van der Waals surface area contributed by atoms with Crippen LogP contribution in [0.3, 0.4) is 0 Å². The van der Waals surface area contributed by atoms with Crippen LogP contribution < -0.4 is 0 Å². The lowest BCUT2D eigenvalue weighted by Crippen LogP contribution is -2.51. The zero-order chi connectivity index (χ0) is 15.7. The Morgan fingerprint density at radius 1 is 0.957 bits per heavy atom. The summed E-state index contributed by atoms with van der Waals surface area (Å²) in [7, 11) is 0. The van der Waals surface area contributed by atoms with Crippen molar-refractivity contribution in [3.05, 3.63) is 12.3 Å². The van der Waals surface area contributed by atoms with E-state index in [9.17, 15) is 0 Å². The molecular formula is C21H32N2. The second-order valence-electron chi connectivity index (χ2n) is 10.1. The van der Waals surface area contributed by atoms with E-state index in [2.05, 4.69) is 30.2 Å². The van der Waals surface area contributed by atoms with E-state index >= 15 is 0 Å². The van der Waals surface area contributed by atoms with Crippen LogP contribution in [0.15, 0.2) is 22.5 Å². The molecule has 7 atom stereocenters. The molecule has 5 aliphatic rings. The molecule has 4 aliphatic carbocycles. The lowest BCUT2D eigenvalue weighted by molar-refractivity contribution is -0.103. The third-order valence-corrected chi connectivity index (χ3v) is 9.09. The predicted octanol–water partition coefficient (Wildman–Crippen LogP) is 6.14. The summed E-state index contributed by atoms with van der Waals surface area (Å²) in [6.45, 7) is 5.26. The van der Waals surface area contributed by atoms with Crippen LogP contribution in [-0.4, -0.2) is 5.54 Å². The minimum absolute atomic E-state index is 0.0820. The molecule has 0 aromatic heterocycles. The number of fused-ring (bicyclic) bond motifs is 5. The van der Waals surface area contributed by atoms with Gasteiger partial charge < -0.3 is 0 Å². The van der Waals surface area contributed by atoms with Crippen molar-refractivity contribution < 1.29 is 0 Å². The molecule has 1 heterocycles. The monoisotopic (exact) mass is 312 g/mol. The van der Waals surface area contributed by atoms with E-state index in [1.165, 1.54) is 64.2 Å². The van der Waals surface area contributed by atoms with Gasteiger partial charge in [-0.3, -0.25) is 0 Å². The van der Waals surface area contributed by atoms with Crippen molar-refractivity contribution >= 4 is 0 Å². The van der Waals surface area contributed by atoms with E-state index in [4.69, 9.17) is 0 Å². The third-order valence-electron chi connectivity index (χ3n) is 9.09. The molecule has 0 saturated heterocycles. The minimum Gasteiger partial charge on any atom is -0.178 e. The lowest BCUT2D eigenvalue weighted by Gasteiger charge is -2.59. The van der Waals surface area contributed by atoms with Crippen LogP contribution in [-0.2, 0) is 0 Å². The zero-order valence-corrected chi connectivity index (χ0v) is 14.9. The Morgan fingerprint density at radius 2 is 1.87 bits per heavy atom. The van der Waals surface area contributed by atoms with Crippen LogP contribution in [0.25, 0.3) is 0 Å². The molecular weight excluding hydrogens is 280 g/mol. The number of nitrogens with zero attached hydrogens (tertiary/aromatic N) is 2. The van der Waals surface area contributed by atoms with Gasteiger partial charge in [0.2, 0.25) is 0 Å². The van der Waals surface area contributed by atoms with Crippen LogP contribution >= 0.6 is 0 Å². The first-order chi connectivity index (χ1) is 11.0. The Morgan fingerprint density at radius 3 is 2.70 bits per heavy atom. The largest absolute Gasteiger partial charge is 0.178 e. The number of hydrogen-bond donors (Lipinski definition) is 0. The molecule has 0 aromatic rings. The van der Waals surface area contributed by atoms with Crippen LogP contribution in [0.5, 0.6) is 0 Å². The molecule has 5 rings (SSSR count). The molecule has 4 saturated carbocycles. The van der Waals surface area contributed by atoms with Gasteiger partial charge in [0.05, 0.1) is 0 Å². The Balaban J connectivity index is 1.48. The summed E-state index contributed by atoms with van der Waals surface area (Å²) in [6.07, 6.45) is 18.8. The van der Waals surface area contributed by atoms with Gasteiger partial charge in [0, 0.05) is 6.20 Å². The molecule has 0 radical (unpaired) electrons. The molecule has 0 aromatic carbocycles. The first-order valence-corrected chi connectivity index (χ1v) is 10.1. The third kappa shape index (κ3) is 1.93.